The average Bonchev–Trinajstić information content (AvgIpc) is 2.31. The standard InChI is InChI=1S/C13H16ClNO2/c1-2-17-13(16)8-5-9-15-10-11-6-3-4-7-12(11)14/h3-8,15H,2,9-10H2,1H3/b8-5+. The number of ether oxygens (including phenoxy) is 1. The largest absolute Gasteiger partial charge is 0.463 e. The number of esters is 1. The van der Waals surface area contributed by atoms with Crippen LogP contribution in [-0.2, 0) is 16.1 Å². The van der Waals surface area contributed by atoms with E-state index in [4.69, 9.17) is 16.3 Å². The van der Waals surface area contributed by atoms with E-state index in [1.165, 1.54) is 6.08 Å². The van der Waals surface area contributed by atoms with Gasteiger partial charge in [0.2, 0.25) is 0 Å². The molecule has 0 aromatic heterocycles. The van der Waals surface area contributed by atoms with Gasteiger partial charge >= 0.3 is 5.97 Å². The highest BCUT2D eigenvalue weighted by Gasteiger charge is 1.97. The summed E-state index contributed by atoms with van der Waals surface area (Å²) in [6.07, 6.45) is 3.15. The number of hydrogen-bond acceptors (Lipinski definition) is 3. The van der Waals surface area contributed by atoms with E-state index in [1.54, 1.807) is 13.0 Å². The number of carbonyl (C=O) groups is 1. The fourth-order valence-electron chi connectivity index (χ4n) is 1.28. The van der Waals surface area contributed by atoms with Crippen LogP contribution in [0.25, 0.3) is 0 Å². The lowest BCUT2D eigenvalue weighted by Crippen LogP contribution is -2.13. The number of halogens is 1. The van der Waals surface area contributed by atoms with Crippen LogP contribution in [0.1, 0.15) is 12.5 Å². The fraction of sp³-hybridized carbons (Fsp3) is 0.308. The Balaban J connectivity index is 2.25. The van der Waals surface area contributed by atoms with E-state index in [1.807, 2.05) is 24.3 Å². The van der Waals surface area contributed by atoms with Crippen molar-refractivity contribution in [1.29, 1.82) is 0 Å². The van der Waals surface area contributed by atoms with Gasteiger partial charge in [-0.2, -0.15) is 0 Å². The van der Waals surface area contributed by atoms with E-state index in [0.717, 1.165) is 10.6 Å². The molecule has 0 saturated carbocycles. The van der Waals surface area contributed by atoms with Crippen molar-refractivity contribution < 1.29 is 9.53 Å². The highest BCUT2D eigenvalue weighted by Crippen LogP contribution is 2.13. The van der Waals surface area contributed by atoms with Gasteiger partial charge in [0, 0.05) is 24.2 Å². The fourth-order valence-corrected chi connectivity index (χ4v) is 1.48. The molecule has 0 spiro atoms. The summed E-state index contributed by atoms with van der Waals surface area (Å²) >= 11 is 6.00. The van der Waals surface area contributed by atoms with Crippen LogP contribution in [0.2, 0.25) is 5.02 Å². The maximum Gasteiger partial charge on any atom is 0.330 e. The van der Waals surface area contributed by atoms with Crippen molar-refractivity contribution in [2.24, 2.45) is 0 Å². The highest BCUT2D eigenvalue weighted by molar-refractivity contribution is 6.31. The topological polar surface area (TPSA) is 38.3 Å². The number of rotatable bonds is 6. The lowest BCUT2D eigenvalue weighted by Gasteiger charge is -2.03. The summed E-state index contributed by atoms with van der Waals surface area (Å²) in [5, 5.41) is 3.91. The second kappa shape index (κ2) is 7.87. The molecule has 0 unspecified atom stereocenters. The number of nitrogens with one attached hydrogen (secondary N) is 1. The normalized spacial score (nSPS) is 10.7. The first kappa shape index (κ1) is 13.7. The molecule has 0 heterocycles. The maximum atomic E-state index is 11.0. The molecule has 4 heteroatoms. The van der Waals surface area contributed by atoms with Crippen LogP contribution in [0.3, 0.4) is 0 Å². The Hall–Kier alpha value is -1.32. The highest BCUT2D eigenvalue weighted by atomic mass is 35.5. The van der Waals surface area contributed by atoms with E-state index in [2.05, 4.69) is 5.32 Å². The quantitative estimate of drug-likeness (QED) is 0.481. The third-order valence-electron chi connectivity index (χ3n) is 2.08. The second-order valence-electron chi connectivity index (χ2n) is 3.38. The van der Waals surface area contributed by atoms with Gasteiger partial charge in [0.05, 0.1) is 6.61 Å². The number of hydrogen-bond donors (Lipinski definition) is 1. The molecule has 92 valence electrons. The molecular weight excluding hydrogens is 238 g/mol. The molecule has 0 fully saturated rings. The summed E-state index contributed by atoms with van der Waals surface area (Å²) in [7, 11) is 0. The average molecular weight is 254 g/mol. The van der Waals surface area contributed by atoms with E-state index in [-0.39, 0.29) is 5.97 Å². The summed E-state index contributed by atoms with van der Waals surface area (Å²) in [5.74, 6) is -0.313. The van der Waals surface area contributed by atoms with Gasteiger partial charge in [-0.25, -0.2) is 4.79 Å². The van der Waals surface area contributed by atoms with E-state index < -0.39 is 0 Å². The van der Waals surface area contributed by atoms with Gasteiger partial charge in [0.15, 0.2) is 0 Å². The third-order valence-corrected chi connectivity index (χ3v) is 2.44. The first-order chi connectivity index (χ1) is 8.24. The predicted molar refractivity (Wildman–Crippen MR) is 68.9 cm³/mol. The Morgan fingerprint density at radius 3 is 2.94 bits per heavy atom. The Kier molecular flexibility index (Phi) is 6.37. The van der Waals surface area contributed by atoms with Crippen LogP contribution in [0, 0.1) is 0 Å². The molecule has 0 bridgehead atoms. The Morgan fingerprint density at radius 2 is 2.24 bits per heavy atom. The lowest BCUT2D eigenvalue weighted by atomic mass is 10.2. The van der Waals surface area contributed by atoms with Crippen LogP contribution < -0.4 is 5.32 Å². The minimum Gasteiger partial charge on any atom is -0.463 e. The molecule has 1 aromatic carbocycles. The van der Waals surface area contributed by atoms with Gasteiger partial charge in [0.1, 0.15) is 0 Å². The predicted octanol–water partition coefficient (Wildman–Crippen LogP) is 2.55. The second-order valence-corrected chi connectivity index (χ2v) is 3.78. The van der Waals surface area contributed by atoms with Crippen molar-refractivity contribution in [3.8, 4) is 0 Å². The Bertz CT molecular complexity index is 391. The van der Waals surface area contributed by atoms with Gasteiger partial charge < -0.3 is 10.1 Å². The zero-order valence-electron chi connectivity index (χ0n) is 9.78. The zero-order chi connectivity index (χ0) is 12.5. The van der Waals surface area contributed by atoms with Crippen molar-refractivity contribution >= 4 is 17.6 Å². The molecule has 0 aliphatic rings. The molecule has 1 rings (SSSR count). The molecule has 0 aliphatic heterocycles. The van der Waals surface area contributed by atoms with E-state index in [9.17, 15) is 4.79 Å². The van der Waals surface area contributed by atoms with Crippen molar-refractivity contribution in [2.45, 2.75) is 13.5 Å². The Labute approximate surface area is 106 Å². The van der Waals surface area contributed by atoms with Crippen LogP contribution in [0.15, 0.2) is 36.4 Å². The van der Waals surface area contributed by atoms with Gasteiger partial charge in [0.25, 0.3) is 0 Å². The van der Waals surface area contributed by atoms with Gasteiger partial charge in [-0.3, -0.25) is 0 Å². The van der Waals surface area contributed by atoms with Crippen LogP contribution in [0.5, 0.6) is 0 Å². The molecule has 1 aromatic rings. The van der Waals surface area contributed by atoms with Crippen molar-refractivity contribution in [3.63, 3.8) is 0 Å². The van der Waals surface area contributed by atoms with Crippen molar-refractivity contribution in [1.82, 2.24) is 5.32 Å². The number of carbonyl (C=O) groups excluding carboxylic acids is 1. The maximum absolute atomic E-state index is 11.0. The minimum absolute atomic E-state index is 0.313. The van der Waals surface area contributed by atoms with Gasteiger partial charge in [-0.15, -0.1) is 0 Å². The molecule has 0 radical (unpaired) electrons. The van der Waals surface area contributed by atoms with Gasteiger partial charge in [-0.1, -0.05) is 35.9 Å². The summed E-state index contributed by atoms with van der Waals surface area (Å²) in [6.45, 7) is 3.45. The summed E-state index contributed by atoms with van der Waals surface area (Å²) < 4.78 is 4.75. The third kappa shape index (κ3) is 5.52. The Morgan fingerprint density at radius 1 is 1.47 bits per heavy atom. The summed E-state index contributed by atoms with van der Waals surface area (Å²) in [6, 6.07) is 7.65. The van der Waals surface area contributed by atoms with Gasteiger partial charge in [-0.05, 0) is 18.6 Å². The molecule has 0 amide bonds. The molecule has 0 atom stereocenters. The number of benzene rings is 1. The molecule has 1 N–H and O–H groups in total. The molecular formula is C13H16ClNO2. The van der Waals surface area contributed by atoms with Crippen LogP contribution >= 0.6 is 11.6 Å². The lowest BCUT2D eigenvalue weighted by molar-refractivity contribution is -0.137. The summed E-state index contributed by atoms with van der Waals surface area (Å²) in [5.41, 5.74) is 1.04. The van der Waals surface area contributed by atoms with Crippen LogP contribution in [0.4, 0.5) is 0 Å². The SMILES string of the molecule is CCOC(=O)/C=C/CNCc1ccccc1Cl. The first-order valence-corrected chi connectivity index (χ1v) is 5.89. The van der Waals surface area contributed by atoms with E-state index in [0.29, 0.717) is 19.7 Å². The smallest absolute Gasteiger partial charge is 0.330 e. The zero-order valence-corrected chi connectivity index (χ0v) is 10.5. The molecule has 3 nitrogen and oxygen atoms in total. The van der Waals surface area contributed by atoms with Crippen molar-refractivity contribution in [3.05, 3.63) is 47.0 Å². The monoisotopic (exact) mass is 253 g/mol. The first-order valence-electron chi connectivity index (χ1n) is 5.51. The van der Waals surface area contributed by atoms with Crippen molar-refractivity contribution in [2.75, 3.05) is 13.2 Å². The van der Waals surface area contributed by atoms with E-state index >= 15 is 0 Å². The molecule has 17 heavy (non-hydrogen) atoms. The summed E-state index contributed by atoms with van der Waals surface area (Å²) in [4.78, 5) is 11.0. The van der Waals surface area contributed by atoms with Crippen LogP contribution in [-0.4, -0.2) is 19.1 Å². The molecule has 0 saturated heterocycles. The molecule has 0 aliphatic carbocycles. The minimum atomic E-state index is -0.313.